The molecule has 48 valence electrons. The van der Waals surface area contributed by atoms with Gasteiger partial charge in [-0.1, -0.05) is 17.6 Å². The number of nitrogens with zero attached hydrogens (tertiary/aromatic N) is 1. The van der Waals surface area contributed by atoms with E-state index in [2.05, 4.69) is 4.98 Å². The summed E-state index contributed by atoms with van der Waals surface area (Å²) in [4.78, 5) is 3.89. The molecule has 0 amide bonds. The molecule has 2 N–H and O–H groups in total. The Hall–Kier alpha value is 0.460. The van der Waals surface area contributed by atoms with Crippen molar-refractivity contribution in [3.05, 3.63) is 17.3 Å². The monoisotopic (exact) mass is 183 g/mol. The van der Waals surface area contributed by atoms with Gasteiger partial charge in [0.25, 0.3) is 0 Å². The van der Waals surface area contributed by atoms with Gasteiger partial charge < -0.3 is 18.4 Å². The second-order valence-corrected chi connectivity index (χ2v) is 2.22. The van der Waals surface area contributed by atoms with Crippen LogP contribution in [0.1, 0.15) is 1.37 Å². The van der Waals surface area contributed by atoms with Gasteiger partial charge in [-0.15, -0.1) is 0 Å². The molecule has 0 saturated carbocycles. The van der Waals surface area contributed by atoms with Crippen LogP contribution in [0.5, 0.6) is 0 Å². The maximum absolute atomic E-state index is 7.15. The summed E-state index contributed by atoms with van der Waals surface area (Å²) in [6.07, 6.45) is 1.28. The Kier molecular flexibility index (Phi) is 3.73. The molecule has 0 bridgehead atoms. The molecule has 0 aliphatic rings. The third-order valence-electron chi connectivity index (χ3n) is 0.824. The normalized spacial score (nSPS) is 9.90. The van der Waals surface area contributed by atoms with E-state index < -0.39 is 0 Å². The first-order valence-electron chi connectivity index (χ1n) is 2.70. The van der Waals surface area contributed by atoms with Gasteiger partial charge in [0.1, 0.15) is 5.82 Å². The number of pyridine rings is 1. The average molecular weight is 184 g/mol. The van der Waals surface area contributed by atoms with Gasteiger partial charge in [0.05, 0.1) is 6.39 Å². The van der Waals surface area contributed by atoms with Crippen molar-refractivity contribution in [3.63, 3.8) is 0 Å². The summed E-state index contributed by atoms with van der Waals surface area (Å²) in [6.45, 7) is 0. The van der Waals surface area contributed by atoms with Crippen LogP contribution in [0.2, 0.25) is 5.02 Å². The van der Waals surface area contributed by atoms with Gasteiger partial charge in [-0.3, -0.25) is 0 Å². The van der Waals surface area contributed by atoms with Crippen molar-refractivity contribution in [1.29, 1.82) is 0 Å². The maximum atomic E-state index is 7.15. The van der Waals surface area contributed by atoms with Crippen molar-refractivity contribution in [1.82, 2.24) is 4.98 Å². The minimum atomic E-state index is 0. The molecular formula is C5H4ClN2NaS. The molecule has 0 spiro atoms. The van der Waals surface area contributed by atoms with E-state index in [1.807, 2.05) is 0 Å². The molecule has 1 heterocycles. The Morgan fingerprint density at radius 2 is 2.40 bits per heavy atom. The Balaban J connectivity index is 0.000001000. The number of aromatic nitrogens is 1. The minimum absolute atomic E-state index is 0. The molecule has 2 nitrogen and oxygen atoms in total. The van der Waals surface area contributed by atoms with Crippen molar-refractivity contribution in [3.8, 4) is 0 Å². The van der Waals surface area contributed by atoms with Crippen molar-refractivity contribution in [2.45, 2.75) is 4.90 Å². The molecule has 1 rings (SSSR count). The molecule has 0 radical (unpaired) electrons. The van der Waals surface area contributed by atoms with Gasteiger partial charge >= 0.3 is 29.6 Å². The standard InChI is InChI=1S/C5H5ClN2S.Na/c6-4-3(9)1-2-8-5(4)7;/h1-2H,(H3,7,8,9);/q;+1/p-1/i1D;. The van der Waals surface area contributed by atoms with Crippen LogP contribution < -0.4 is 35.3 Å². The topological polar surface area (TPSA) is 38.9 Å². The molecule has 0 atom stereocenters. The van der Waals surface area contributed by atoms with Crippen LogP contribution in [0, 0.1) is 0 Å². The van der Waals surface area contributed by atoms with Crippen LogP contribution in [0.3, 0.4) is 0 Å². The Morgan fingerprint density at radius 1 is 1.80 bits per heavy atom. The molecular weight excluding hydrogens is 179 g/mol. The molecule has 0 unspecified atom stereocenters. The van der Waals surface area contributed by atoms with E-state index in [9.17, 15) is 0 Å². The van der Waals surface area contributed by atoms with E-state index in [0.717, 1.165) is 0 Å². The molecule has 0 aliphatic heterocycles. The van der Waals surface area contributed by atoms with Crippen LogP contribution in [-0.4, -0.2) is 4.98 Å². The Bertz CT molecular complexity index is 244. The fraction of sp³-hybridized carbons (Fsp3) is 0. The number of nitrogens with two attached hydrogens (primary N) is 1. The third kappa shape index (κ3) is 2.25. The zero-order valence-corrected chi connectivity index (χ0v) is 8.96. The number of halogens is 1. The van der Waals surface area contributed by atoms with Crippen LogP contribution in [0.15, 0.2) is 17.1 Å². The van der Waals surface area contributed by atoms with Crippen LogP contribution in [0.4, 0.5) is 5.82 Å². The van der Waals surface area contributed by atoms with Gasteiger partial charge in [-0.25, -0.2) is 4.98 Å². The SMILES string of the molecule is [2H]c1cnc(N)c(Cl)c1[S-].[Na+]. The molecule has 5 heteroatoms. The minimum Gasteiger partial charge on any atom is -0.778 e. The van der Waals surface area contributed by atoms with E-state index in [1.54, 1.807) is 0 Å². The third-order valence-corrected chi connectivity index (χ3v) is 1.64. The number of hydrogen-bond donors (Lipinski definition) is 1. The molecule has 0 saturated heterocycles. The molecule has 1 aromatic rings. The predicted octanol–water partition coefficient (Wildman–Crippen LogP) is -1.77. The van der Waals surface area contributed by atoms with Crippen LogP contribution in [-0.2, 0) is 12.6 Å². The molecule has 1 aromatic heterocycles. The quantitative estimate of drug-likeness (QED) is 0.382. The smallest absolute Gasteiger partial charge is 0.778 e. The summed E-state index contributed by atoms with van der Waals surface area (Å²) in [6, 6.07) is 0.134. The number of nitrogen functional groups attached to an aromatic ring is 1. The number of rotatable bonds is 0. The van der Waals surface area contributed by atoms with E-state index >= 15 is 0 Å². The van der Waals surface area contributed by atoms with Gasteiger partial charge in [0, 0.05) is 6.20 Å². The van der Waals surface area contributed by atoms with E-state index in [1.165, 1.54) is 6.20 Å². The van der Waals surface area contributed by atoms with E-state index in [0.29, 0.717) is 0 Å². The first kappa shape index (κ1) is 8.56. The predicted molar refractivity (Wildman–Crippen MR) is 39.3 cm³/mol. The first-order chi connectivity index (χ1) is 4.63. The summed E-state index contributed by atoms with van der Waals surface area (Å²) in [5, 5.41) is 0.197. The zero-order chi connectivity index (χ0) is 7.72. The second kappa shape index (κ2) is 4.36. The van der Waals surface area contributed by atoms with Crippen LogP contribution >= 0.6 is 11.6 Å². The fourth-order valence-electron chi connectivity index (χ4n) is 0.397. The molecule has 0 aromatic carbocycles. The van der Waals surface area contributed by atoms with Crippen molar-refractivity contribution in [2.24, 2.45) is 0 Å². The summed E-state index contributed by atoms with van der Waals surface area (Å²) in [5.41, 5.74) is 5.30. The molecule has 0 aliphatic carbocycles. The fourth-order valence-corrected chi connectivity index (χ4v) is 0.657. The van der Waals surface area contributed by atoms with E-state index in [-0.39, 0.29) is 51.3 Å². The molecule has 0 fully saturated rings. The van der Waals surface area contributed by atoms with Gasteiger partial charge in [-0.05, 0) is 0 Å². The van der Waals surface area contributed by atoms with E-state index in [4.69, 9.17) is 31.3 Å². The van der Waals surface area contributed by atoms with Gasteiger partial charge in [-0.2, -0.15) is 4.90 Å². The Morgan fingerprint density at radius 3 is 2.90 bits per heavy atom. The largest absolute Gasteiger partial charge is 1.00 e. The van der Waals surface area contributed by atoms with Crippen molar-refractivity contribution < 1.29 is 30.9 Å². The molecule has 10 heavy (non-hydrogen) atoms. The van der Waals surface area contributed by atoms with Gasteiger partial charge in [0.15, 0.2) is 0 Å². The van der Waals surface area contributed by atoms with Crippen molar-refractivity contribution >= 4 is 30.0 Å². The summed E-state index contributed by atoms with van der Waals surface area (Å²) < 4.78 is 7.15. The van der Waals surface area contributed by atoms with Crippen LogP contribution in [0.25, 0.3) is 0 Å². The summed E-state index contributed by atoms with van der Waals surface area (Å²) in [7, 11) is 0. The maximum Gasteiger partial charge on any atom is 1.00 e. The summed E-state index contributed by atoms with van der Waals surface area (Å²) >= 11 is 10.3. The second-order valence-electron chi connectivity index (χ2n) is 1.43. The Labute approximate surface area is 93.3 Å². The number of hydrogen-bond acceptors (Lipinski definition) is 3. The average Bonchev–Trinajstić information content (AvgIpc) is 1.93. The van der Waals surface area contributed by atoms with Crippen molar-refractivity contribution in [2.75, 3.05) is 5.73 Å². The summed E-state index contributed by atoms with van der Waals surface area (Å²) in [5.74, 6) is 0.183. The zero-order valence-electron chi connectivity index (χ0n) is 6.39. The first-order valence-corrected chi connectivity index (χ1v) is 2.99. The number of anilines is 1. The van der Waals surface area contributed by atoms with Gasteiger partial charge in [0.2, 0.25) is 0 Å².